The summed E-state index contributed by atoms with van der Waals surface area (Å²) < 4.78 is 36.9. The standard InChI is InChI=1S/C14H8F2O3/c15-9-2-3-11(16)10(6-9)14(17)8-1-4-12-13(5-8)19-7-18-12/h1-6H,7H2. The van der Waals surface area contributed by atoms with Gasteiger partial charge in [0.15, 0.2) is 17.3 Å². The monoisotopic (exact) mass is 262 g/mol. The van der Waals surface area contributed by atoms with E-state index in [1.165, 1.54) is 12.1 Å². The topological polar surface area (TPSA) is 35.5 Å². The van der Waals surface area contributed by atoms with Gasteiger partial charge in [0.1, 0.15) is 11.6 Å². The Balaban J connectivity index is 2.02. The summed E-state index contributed by atoms with van der Waals surface area (Å²) in [5.41, 5.74) is -0.0902. The summed E-state index contributed by atoms with van der Waals surface area (Å²) in [5, 5.41) is 0. The second kappa shape index (κ2) is 4.35. The molecule has 96 valence electrons. The van der Waals surface area contributed by atoms with E-state index in [1.54, 1.807) is 6.07 Å². The molecule has 0 aliphatic carbocycles. The Kier molecular flexibility index (Phi) is 2.67. The lowest BCUT2D eigenvalue weighted by atomic mass is 10.0. The average Bonchev–Trinajstić information content (AvgIpc) is 2.88. The van der Waals surface area contributed by atoms with Gasteiger partial charge in [0.2, 0.25) is 6.79 Å². The molecule has 1 aliphatic heterocycles. The van der Waals surface area contributed by atoms with Gasteiger partial charge in [-0.05, 0) is 36.4 Å². The molecule has 3 nitrogen and oxygen atoms in total. The van der Waals surface area contributed by atoms with E-state index in [1.807, 2.05) is 0 Å². The van der Waals surface area contributed by atoms with Gasteiger partial charge in [0.05, 0.1) is 5.56 Å². The Hall–Kier alpha value is -2.43. The van der Waals surface area contributed by atoms with Gasteiger partial charge in [-0.2, -0.15) is 0 Å². The quantitative estimate of drug-likeness (QED) is 0.780. The second-order valence-electron chi connectivity index (χ2n) is 4.02. The van der Waals surface area contributed by atoms with E-state index in [0.717, 1.165) is 18.2 Å². The molecule has 0 amide bonds. The molecule has 0 bridgehead atoms. The van der Waals surface area contributed by atoms with Crippen molar-refractivity contribution in [2.75, 3.05) is 6.79 Å². The van der Waals surface area contributed by atoms with Crippen LogP contribution in [0.2, 0.25) is 0 Å². The molecule has 0 fully saturated rings. The van der Waals surface area contributed by atoms with Crippen LogP contribution in [0, 0.1) is 11.6 Å². The third-order valence-corrected chi connectivity index (χ3v) is 2.81. The molecule has 1 aliphatic rings. The van der Waals surface area contributed by atoms with E-state index in [2.05, 4.69) is 0 Å². The molecule has 5 heteroatoms. The van der Waals surface area contributed by atoms with Gasteiger partial charge < -0.3 is 9.47 Å². The Labute approximate surface area is 107 Å². The molecule has 0 N–H and O–H groups in total. The number of carbonyl (C=O) groups excluding carboxylic acids is 1. The Bertz CT molecular complexity index is 668. The molecule has 0 saturated heterocycles. The van der Waals surface area contributed by atoms with Crippen molar-refractivity contribution < 1.29 is 23.0 Å². The van der Waals surface area contributed by atoms with E-state index in [9.17, 15) is 13.6 Å². The minimum Gasteiger partial charge on any atom is -0.454 e. The van der Waals surface area contributed by atoms with Gasteiger partial charge >= 0.3 is 0 Å². The zero-order valence-corrected chi connectivity index (χ0v) is 9.65. The smallest absolute Gasteiger partial charge is 0.231 e. The lowest BCUT2D eigenvalue weighted by molar-refractivity contribution is 0.103. The molecule has 0 radical (unpaired) electrons. The van der Waals surface area contributed by atoms with Crippen molar-refractivity contribution in [3.05, 3.63) is 59.2 Å². The zero-order valence-electron chi connectivity index (χ0n) is 9.65. The highest BCUT2D eigenvalue weighted by molar-refractivity contribution is 6.09. The highest BCUT2D eigenvalue weighted by atomic mass is 19.1. The van der Waals surface area contributed by atoms with Crippen LogP contribution in [0.1, 0.15) is 15.9 Å². The van der Waals surface area contributed by atoms with E-state index in [0.29, 0.717) is 11.5 Å². The fraction of sp³-hybridized carbons (Fsp3) is 0.0714. The van der Waals surface area contributed by atoms with Gasteiger partial charge in [-0.3, -0.25) is 4.79 Å². The third-order valence-electron chi connectivity index (χ3n) is 2.81. The molecule has 19 heavy (non-hydrogen) atoms. The summed E-state index contributed by atoms with van der Waals surface area (Å²) >= 11 is 0. The van der Waals surface area contributed by atoms with Crippen molar-refractivity contribution in [2.24, 2.45) is 0 Å². The normalized spacial score (nSPS) is 12.5. The number of fused-ring (bicyclic) bond motifs is 1. The molecule has 0 unspecified atom stereocenters. The number of benzene rings is 2. The largest absolute Gasteiger partial charge is 0.454 e. The number of rotatable bonds is 2. The highest BCUT2D eigenvalue weighted by Gasteiger charge is 2.19. The first-order valence-electron chi connectivity index (χ1n) is 5.54. The van der Waals surface area contributed by atoms with Crippen molar-refractivity contribution in [3.63, 3.8) is 0 Å². The van der Waals surface area contributed by atoms with E-state index >= 15 is 0 Å². The maximum atomic E-state index is 13.5. The summed E-state index contributed by atoms with van der Waals surface area (Å²) in [6.07, 6.45) is 0. The molecule has 2 aromatic carbocycles. The van der Waals surface area contributed by atoms with Crippen molar-refractivity contribution in [1.29, 1.82) is 0 Å². The summed E-state index contributed by atoms with van der Waals surface area (Å²) in [7, 11) is 0. The third kappa shape index (κ3) is 2.03. The van der Waals surface area contributed by atoms with E-state index < -0.39 is 17.4 Å². The molecular formula is C14H8F2O3. The molecule has 1 heterocycles. The Morgan fingerprint density at radius 1 is 1.00 bits per heavy atom. The van der Waals surface area contributed by atoms with Gasteiger partial charge in [-0.15, -0.1) is 0 Å². The zero-order chi connectivity index (χ0) is 13.4. The minimum atomic E-state index is -0.760. The first kappa shape index (κ1) is 11.6. The molecule has 3 rings (SSSR count). The van der Waals surface area contributed by atoms with Gasteiger partial charge in [0, 0.05) is 5.56 Å². The maximum absolute atomic E-state index is 13.5. The number of halogens is 2. The maximum Gasteiger partial charge on any atom is 0.231 e. The van der Waals surface area contributed by atoms with Crippen LogP contribution in [0.4, 0.5) is 8.78 Å². The predicted octanol–water partition coefficient (Wildman–Crippen LogP) is 2.92. The summed E-state index contributed by atoms with van der Waals surface area (Å²) in [6.45, 7) is 0.0846. The Morgan fingerprint density at radius 3 is 2.63 bits per heavy atom. The van der Waals surface area contributed by atoms with Crippen LogP contribution >= 0.6 is 0 Å². The molecular weight excluding hydrogens is 254 g/mol. The summed E-state index contributed by atoms with van der Waals surface area (Å²) in [6, 6.07) is 7.27. The van der Waals surface area contributed by atoms with Crippen LogP contribution < -0.4 is 9.47 Å². The number of hydrogen-bond acceptors (Lipinski definition) is 3. The fourth-order valence-corrected chi connectivity index (χ4v) is 1.86. The highest BCUT2D eigenvalue weighted by Crippen LogP contribution is 2.33. The molecule has 0 atom stereocenters. The average molecular weight is 262 g/mol. The van der Waals surface area contributed by atoms with E-state index in [-0.39, 0.29) is 17.9 Å². The second-order valence-corrected chi connectivity index (χ2v) is 4.02. The van der Waals surface area contributed by atoms with Crippen molar-refractivity contribution >= 4 is 5.78 Å². The molecule has 2 aromatic rings. The molecule has 0 saturated carbocycles. The van der Waals surface area contributed by atoms with Crippen molar-refractivity contribution in [1.82, 2.24) is 0 Å². The van der Waals surface area contributed by atoms with Crippen LogP contribution in [0.25, 0.3) is 0 Å². The number of ketones is 1. The molecule has 0 spiro atoms. The van der Waals surface area contributed by atoms with Gasteiger partial charge in [-0.25, -0.2) is 8.78 Å². The number of carbonyl (C=O) groups is 1. The van der Waals surface area contributed by atoms with Gasteiger partial charge in [-0.1, -0.05) is 0 Å². The van der Waals surface area contributed by atoms with Crippen LogP contribution in [-0.4, -0.2) is 12.6 Å². The van der Waals surface area contributed by atoms with Crippen molar-refractivity contribution in [3.8, 4) is 11.5 Å². The first-order chi connectivity index (χ1) is 9.15. The van der Waals surface area contributed by atoms with Crippen LogP contribution in [0.15, 0.2) is 36.4 Å². The lowest BCUT2D eigenvalue weighted by Gasteiger charge is -2.04. The fourth-order valence-electron chi connectivity index (χ4n) is 1.86. The van der Waals surface area contributed by atoms with E-state index in [4.69, 9.17) is 9.47 Å². The van der Waals surface area contributed by atoms with Gasteiger partial charge in [0.25, 0.3) is 0 Å². The first-order valence-corrected chi connectivity index (χ1v) is 5.54. The SMILES string of the molecule is O=C(c1ccc2c(c1)OCO2)c1cc(F)ccc1F. The predicted molar refractivity (Wildman–Crippen MR) is 62.4 cm³/mol. The van der Waals surface area contributed by atoms with Crippen LogP contribution in [0.5, 0.6) is 11.5 Å². The summed E-state index contributed by atoms with van der Waals surface area (Å²) in [5.74, 6) is -1.08. The number of hydrogen-bond donors (Lipinski definition) is 0. The minimum absolute atomic E-state index is 0.0846. The Morgan fingerprint density at radius 2 is 1.79 bits per heavy atom. The molecule has 0 aromatic heterocycles. The van der Waals surface area contributed by atoms with Crippen LogP contribution in [0.3, 0.4) is 0 Å². The summed E-state index contributed by atoms with van der Waals surface area (Å²) in [4.78, 5) is 12.1. The van der Waals surface area contributed by atoms with Crippen molar-refractivity contribution in [2.45, 2.75) is 0 Å². The lowest BCUT2D eigenvalue weighted by Crippen LogP contribution is -2.04. The number of ether oxygens (including phenoxy) is 2. The van der Waals surface area contributed by atoms with Crippen LogP contribution in [-0.2, 0) is 0 Å².